The monoisotopic (exact) mass is 297 g/mol. The van der Waals surface area contributed by atoms with Crippen LogP contribution in [-0.2, 0) is 9.47 Å². The van der Waals surface area contributed by atoms with Gasteiger partial charge in [-0.2, -0.15) is 0 Å². The molecule has 1 aromatic rings. The molecule has 2 aliphatic rings. The van der Waals surface area contributed by atoms with Crippen molar-refractivity contribution in [2.75, 3.05) is 13.2 Å². The molecule has 1 aliphatic carbocycles. The molecular formula is C15H17F2NO3. The van der Waals surface area contributed by atoms with Crippen LogP contribution in [0.2, 0.25) is 0 Å². The van der Waals surface area contributed by atoms with Crippen LogP contribution in [0.1, 0.15) is 36.0 Å². The van der Waals surface area contributed by atoms with Crippen molar-refractivity contribution in [2.24, 2.45) is 0 Å². The van der Waals surface area contributed by atoms with Crippen LogP contribution < -0.4 is 5.32 Å². The van der Waals surface area contributed by atoms with Gasteiger partial charge < -0.3 is 14.8 Å². The average molecular weight is 297 g/mol. The number of hydrogen-bond donors (Lipinski definition) is 1. The minimum absolute atomic E-state index is 0.00374. The zero-order chi connectivity index (χ0) is 14.9. The molecule has 0 bridgehead atoms. The molecule has 3 rings (SSSR count). The van der Waals surface area contributed by atoms with E-state index in [9.17, 15) is 13.6 Å². The van der Waals surface area contributed by atoms with Gasteiger partial charge in [0.25, 0.3) is 5.91 Å². The van der Waals surface area contributed by atoms with Gasteiger partial charge in [0, 0.05) is 24.4 Å². The van der Waals surface area contributed by atoms with Crippen LogP contribution in [0.3, 0.4) is 0 Å². The number of benzene rings is 1. The number of amides is 1. The molecule has 1 aliphatic heterocycles. The van der Waals surface area contributed by atoms with Crippen molar-refractivity contribution in [1.82, 2.24) is 5.32 Å². The summed E-state index contributed by atoms with van der Waals surface area (Å²) in [5.74, 6) is -2.83. The highest BCUT2D eigenvalue weighted by Gasteiger charge is 2.40. The maximum Gasteiger partial charge on any atom is 0.251 e. The molecule has 1 amide bonds. The van der Waals surface area contributed by atoms with E-state index in [4.69, 9.17) is 9.47 Å². The van der Waals surface area contributed by atoms with Crippen LogP contribution in [0.15, 0.2) is 18.2 Å². The predicted molar refractivity (Wildman–Crippen MR) is 70.7 cm³/mol. The van der Waals surface area contributed by atoms with E-state index in [1.807, 2.05) is 0 Å². The third-order valence-corrected chi connectivity index (χ3v) is 4.08. The molecular weight excluding hydrogens is 280 g/mol. The van der Waals surface area contributed by atoms with Crippen LogP contribution in [0.25, 0.3) is 0 Å². The van der Waals surface area contributed by atoms with Crippen LogP contribution >= 0.6 is 0 Å². The van der Waals surface area contributed by atoms with E-state index in [0.29, 0.717) is 13.2 Å². The minimum Gasteiger partial charge on any atom is -0.349 e. The SMILES string of the molecule is O=C(NC1CCC2(CC1)OCCO2)c1ccc(F)c(F)c1. The first-order valence-corrected chi connectivity index (χ1v) is 7.12. The minimum atomic E-state index is -1.02. The summed E-state index contributed by atoms with van der Waals surface area (Å²) in [5.41, 5.74) is 0.127. The third kappa shape index (κ3) is 3.06. The Balaban J connectivity index is 1.57. The van der Waals surface area contributed by atoms with Crippen LogP contribution in [0.4, 0.5) is 8.78 Å². The lowest BCUT2D eigenvalue weighted by molar-refractivity contribution is -0.179. The van der Waals surface area contributed by atoms with Gasteiger partial charge in [0.15, 0.2) is 17.4 Å². The molecule has 1 saturated carbocycles. The van der Waals surface area contributed by atoms with Crippen LogP contribution in [0, 0.1) is 11.6 Å². The Bertz CT molecular complexity index is 534. The molecule has 0 atom stereocenters. The summed E-state index contributed by atoms with van der Waals surface area (Å²) >= 11 is 0. The largest absolute Gasteiger partial charge is 0.349 e. The summed E-state index contributed by atoms with van der Waals surface area (Å²) in [5, 5.41) is 2.85. The molecule has 2 fully saturated rings. The van der Waals surface area contributed by atoms with Crippen molar-refractivity contribution in [3.8, 4) is 0 Å². The number of nitrogens with one attached hydrogen (secondary N) is 1. The second-order valence-electron chi connectivity index (χ2n) is 5.48. The van der Waals surface area contributed by atoms with Gasteiger partial charge in [0.2, 0.25) is 0 Å². The summed E-state index contributed by atoms with van der Waals surface area (Å²) in [7, 11) is 0. The quantitative estimate of drug-likeness (QED) is 0.911. The molecule has 1 spiro atoms. The lowest BCUT2D eigenvalue weighted by Gasteiger charge is -2.35. The highest BCUT2D eigenvalue weighted by atomic mass is 19.2. The lowest BCUT2D eigenvalue weighted by atomic mass is 9.90. The first-order valence-electron chi connectivity index (χ1n) is 7.12. The van der Waals surface area contributed by atoms with Gasteiger partial charge >= 0.3 is 0 Å². The Kier molecular flexibility index (Phi) is 3.91. The number of carbonyl (C=O) groups excluding carboxylic acids is 1. The fraction of sp³-hybridized carbons (Fsp3) is 0.533. The fourth-order valence-corrected chi connectivity index (χ4v) is 2.89. The van der Waals surface area contributed by atoms with Crippen molar-refractivity contribution in [1.29, 1.82) is 0 Å². The van der Waals surface area contributed by atoms with E-state index in [1.54, 1.807) is 0 Å². The smallest absolute Gasteiger partial charge is 0.251 e. The molecule has 114 valence electrons. The zero-order valence-electron chi connectivity index (χ0n) is 11.5. The molecule has 4 nitrogen and oxygen atoms in total. The van der Waals surface area contributed by atoms with Crippen molar-refractivity contribution in [3.63, 3.8) is 0 Å². The Morgan fingerprint density at radius 1 is 1.14 bits per heavy atom. The van der Waals surface area contributed by atoms with Gasteiger partial charge in [-0.25, -0.2) is 8.78 Å². The average Bonchev–Trinajstić information content (AvgIpc) is 2.93. The summed E-state index contributed by atoms with van der Waals surface area (Å²) in [6, 6.07) is 3.16. The van der Waals surface area contributed by atoms with Crippen molar-refractivity contribution < 1.29 is 23.0 Å². The molecule has 1 aromatic carbocycles. The van der Waals surface area contributed by atoms with Gasteiger partial charge in [0.05, 0.1) is 13.2 Å². The van der Waals surface area contributed by atoms with Crippen molar-refractivity contribution in [2.45, 2.75) is 37.5 Å². The normalized spacial score (nSPS) is 21.6. The molecule has 21 heavy (non-hydrogen) atoms. The van der Waals surface area contributed by atoms with E-state index in [1.165, 1.54) is 6.07 Å². The second kappa shape index (κ2) is 5.69. The highest BCUT2D eigenvalue weighted by molar-refractivity contribution is 5.94. The van der Waals surface area contributed by atoms with E-state index in [0.717, 1.165) is 37.8 Å². The second-order valence-corrected chi connectivity index (χ2v) is 5.48. The van der Waals surface area contributed by atoms with Crippen molar-refractivity contribution in [3.05, 3.63) is 35.4 Å². The van der Waals surface area contributed by atoms with E-state index in [2.05, 4.69) is 5.32 Å². The molecule has 1 heterocycles. The van der Waals surface area contributed by atoms with Gasteiger partial charge in [-0.15, -0.1) is 0 Å². The van der Waals surface area contributed by atoms with Crippen molar-refractivity contribution >= 4 is 5.91 Å². The van der Waals surface area contributed by atoms with Gasteiger partial charge in [0.1, 0.15) is 0 Å². The van der Waals surface area contributed by atoms with Gasteiger partial charge in [-0.1, -0.05) is 0 Å². The number of rotatable bonds is 2. The number of carbonyl (C=O) groups is 1. The molecule has 1 N–H and O–H groups in total. The van der Waals surface area contributed by atoms with Crippen LogP contribution in [-0.4, -0.2) is 30.9 Å². The fourth-order valence-electron chi connectivity index (χ4n) is 2.89. The van der Waals surface area contributed by atoms with Crippen LogP contribution in [0.5, 0.6) is 0 Å². The molecule has 6 heteroatoms. The highest BCUT2D eigenvalue weighted by Crippen LogP contribution is 2.35. The zero-order valence-corrected chi connectivity index (χ0v) is 11.5. The Hall–Kier alpha value is -1.53. The molecule has 1 saturated heterocycles. The first kappa shape index (κ1) is 14.4. The maximum absolute atomic E-state index is 13.1. The molecule has 0 unspecified atom stereocenters. The lowest BCUT2D eigenvalue weighted by Crippen LogP contribution is -2.44. The third-order valence-electron chi connectivity index (χ3n) is 4.08. The summed E-state index contributed by atoms with van der Waals surface area (Å²) in [6.45, 7) is 1.23. The topological polar surface area (TPSA) is 47.6 Å². The molecule has 0 aromatic heterocycles. The predicted octanol–water partition coefficient (Wildman–Crippen LogP) is 2.38. The van der Waals surface area contributed by atoms with Gasteiger partial charge in [-0.3, -0.25) is 4.79 Å². The Morgan fingerprint density at radius 3 is 2.43 bits per heavy atom. The van der Waals surface area contributed by atoms with E-state index in [-0.39, 0.29) is 17.5 Å². The standard InChI is InChI=1S/C15H17F2NO3/c16-12-2-1-10(9-13(12)17)14(19)18-11-3-5-15(6-4-11)20-7-8-21-15/h1-2,9,11H,3-8H2,(H,18,19). The summed E-state index contributed by atoms with van der Waals surface area (Å²) < 4.78 is 37.2. The number of ether oxygens (including phenoxy) is 2. The first-order chi connectivity index (χ1) is 10.1. The van der Waals surface area contributed by atoms with E-state index >= 15 is 0 Å². The number of hydrogen-bond acceptors (Lipinski definition) is 3. The summed E-state index contributed by atoms with van der Waals surface area (Å²) in [6.07, 6.45) is 2.95. The maximum atomic E-state index is 13.1. The molecule has 0 radical (unpaired) electrons. The Morgan fingerprint density at radius 2 is 1.81 bits per heavy atom. The number of halogens is 2. The van der Waals surface area contributed by atoms with E-state index < -0.39 is 17.4 Å². The Labute approximate surface area is 121 Å². The van der Waals surface area contributed by atoms with Gasteiger partial charge in [-0.05, 0) is 31.0 Å². The summed E-state index contributed by atoms with van der Waals surface area (Å²) in [4.78, 5) is 12.0.